The predicted octanol–water partition coefficient (Wildman–Crippen LogP) is 0.987. The molecule has 3 heteroatoms. The fourth-order valence-electron chi connectivity index (χ4n) is 0.834. The highest BCUT2D eigenvalue weighted by molar-refractivity contribution is 5.91. The van der Waals surface area contributed by atoms with Gasteiger partial charge in [0.15, 0.2) is 0 Å². The molecule has 0 aliphatic rings. The maximum atomic E-state index is 7.46. The monoisotopic (exact) mass is 164 g/mol. The van der Waals surface area contributed by atoms with E-state index in [1.54, 1.807) is 0 Å². The minimum absolute atomic E-state index is 0.182. The Morgan fingerprint density at radius 2 is 2.00 bits per heavy atom. The van der Waals surface area contributed by atoms with Gasteiger partial charge in [0.2, 0.25) is 5.90 Å². The van der Waals surface area contributed by atoms with Gasteiger partial charge in [-0.15, -0.1) is 0 Å². The summed E-state index contributed by atoms with van der Waals surface area (Å²) in [6.45, 7) is 0.836. The maximum Gasteiger partial charge on any atom is 0.213 e. The van der Waals surface area contributed by atoms with Gasteiger partial charge in [-0.1, -0.05) is 18.2 Å². The van der Waals surface area contributed by atoms with Crippen LogP contribution in [0, 0.1) is 5.41 Å². The Hall–Kier alpha value is -1.35. The van der Waals surface area contributed by atoms with Crippen molar-refractivity contribution in [2.45, 2.75) is 0 Å². The number of hydrogen-bond donors (Lipinski definition) is 2. The van der Waals surface area contributed by atoms with Gasteiger partial charge in [-0.2, -0.15) is 0 Å². The zero-order valence-corrected chi connectivity index (χ0v) is 6.79. The minimum atomic E-state index is 0.182. The number of benzene rings is 1. The van der Waals surface area contributed by atoms with E-state index in [0.717, 1.165) is 5.56 Å². The Kier molecular flexibility index (Phi) is 3.29. The van der Waals surface area contributed by atoms with Crippen LogP contribution in [0.3, 0.4) is 0 Å². The number of hydrogen-bond acceptors (Lipinski definition) is 3. The summed E-state index contributed by atoms with van der Waals surface area (Å²) >= 11 is 0. The second-order valence-corrected chi connectivity index (χ2v) is 2.33. The summed E-state index contributed by atoms with van der Waals surface area (Å²) in [5, 5.41) is 7.46. The lowest BCUT2D eigenvalue weighted by molar-refractivity contribution is 0.314. The zero-order valence-electron chi connectivity index (χ0n) is 6.79. The van der Waals surface area contributed by atoms with Crippen molar-refractivity contribution in [1.29, 1.82) is 5.41 Å². The van der Waals surface area contributed by atoms with Crippen LogP contribution in [0.25, 0.3) is 0 Å². The molecule has 0 spiro atoms. The highest BCUT2D eigenvalue weighted by Crippen LogP contribution is 1.99. The molecule has 0 saturated heterocycles. The van der Waals surface area contributed by atoms with Crippen LogP contribution in [0.15, 0.2) is 30.3 Å². The van der Waals surface area contributed by atoms with Gasteiger partial charge in [0.05, 0.1) is 0 Å². The average Bonchev–Trinajstić information content (AvgIpc) is 2.15. The summed E-state index contributed by atoms with van der Waals surface area (Å²) in [6, 6.07) is 9.31. The van der Waals surface area contributed by atoms with Gasteiger partial charge in [0.1, 0.15) is 6.61 Å². The number of ether oxygens (including phenoxy) is 1. The van der Waals surface area contributed by atoms with E-state index < -0.39 is 0 Å². The third-order valence-electron chi connectivity index (χ3n) is 1.40. The van der Waals surface area contributed by atoms with Gasteiger partial charge in [-0.3, -0.25) is 5.41 Å². The van der Waals surface area contributed by atoms with Crippen LogP contribution in [-0.4, -0.2) is 19.0 Å². The van der Waals surface area contributed by atoms with Gasteiger partial charge >= 0.3 is 0 Å². The minimum Gasteiger partial charge on any atom is -0.476 e. The van der Waals surface area contributed by atoms with E-state index in [0.29, 0.717) is 13.2 Å². The zero-order chi connectivity index (χ0) is 8.81. The van der Waals surface area contributed by atoms with Crippen LogP contribution in [0.1, 0.15) is 5.56 Å². The maximum absolute atomic E-state index is 7.46. The molecular weight excluding hydrogens is 152 g/mol. The number of nitrogens with two attached hydrogens (primary N) is 1. The molecule has 0 aromatic heterocycles. The summed E-state index contributed by atoms with van der Waals surface area (Å²) in [5.41, 5.74) is 6.02. The van der Waals surface area contributed by atoms with Crippen molar-refractivity contribution < 1.29 is 4.74 Å². The fraction of sp³-hybridized carbons (Fsp3) is 0.222. The molecule has 0 aliphatic carbocycles. The first-order valence-electron chi connectivity index (χ1n) is 3.81. The van der Waals surface area contributed by atoms with Gasteiger partial charge < -0.3 is 10.5 Å². The number of rotatable bonds is 3. The van der Waals surface area contributed by atoms with E-state index in [1.165, 1.54) is 0 Å². The third kappa shape index (κ3) is 2.36. The second-order valence-electron chi connectivity index (χ2n) is 2.33. The standard InChI is InChI=1S/C9H12N2O/c10-6-7-12-9(11)8-4-2-1-3-5-8/h1-5,11H,6-7,10H2. The van der Waals surface area contributed by atoms with Gasteiger partial charge in [0, 0.05) is 12.1 Å². The molecule has 0 bridgehead atoms. The second kappa shape index (κ2) is 4.51. The summed E-state index contributed by atoms with van der Waals surface area (Å²) in [7, 11) is 0. The summed E-state index contributed by atoms with van der Waals surface area (Å²) < 4.78 is 5.04. The molecule has 0 heterocycles. The molecule has 3 nitrogen and oxygen atoms in total. The molecule has 64 valence electrons. The molecule has 0 fully saturated rings. The van der Waals surface area contributed by atoms with Gasteiger partial charge in [-0.25, -0.2) is 0 Å². The van der Waals surface area contributed by atoms with Crippen molar-refractivity contribution in [3.05, 3.63) is 35.9 Å². The molecule has 0 aliphatic heterocycles. The Balaban J connectivity index is 2.54. The molecule has 0 saturated carbocycles. The Bertz CT molecular complexity index is 246. The van der Waals surface area contributed by atoms with Crippen molar-refractivity contribution in [3.8, 4) is 0 Å². The fourth-order valence-corrected chi connectivity index (χ4v) is 0.834. The highest BCUT2D eigenvalue weighted by Gasteiger charge is 1.98. The van der Waals surface area contributed by atoms with Crippen LogP contribution in [0.2, 0.25) is 0 Å². The van der Waals surface area contributed by atoms with Crippen molar-refractivity contribution in [2.75, 3.05) is 13.2 Å². The summed E-state index contributed by atoms with van der Waals surface area (Å²) in [6.07, 6.45) is 0. The van der Waals surface area contributed by atoms with Gasteiger partial charge in [-0.05, 0) is 12.1 Å². The molecule has 0 amide bonds. The first-order valence-corrected chi connectivity index (χ1v) is 3.81. The average molecular weight is 164 g/mol. The largest absolute Gasteiger partial charge is 0.476 e. The predicted molar refractivity (Wildman–Crippen MR) is 48.3 cm³/mol. The normalized spacial score (nSPS) is 9.42. The molecular formula is C9H12N2O. The lowest BCUT2D eigenvalue weighted by Crippen LogP contribution is -2.13. The van der Waals surface area contributed by atoms with Crippen molar-refractivity contribution in [2.24, 2.45) is 5.73 Å². The van der Waals surface area contributed by atoms with E-state index in [9.17, 15) is 0 Å². The SMILES string of the molecule is N=C(OCCN)c1ccccc1. The molecule has 3 N–H and O–H groups in total. The topological polar surface area (TPSA) is 59.1 Å². The highest BCUT2D eigenvalue weighted by atomic mass is 16.5. The van der Waals surface area contributed by atoms with Crippen molar-refractivity contribution >= 4 is 5.90 Å². The Morgan fingerprint density at radius 3 is 2.58 bits per heavy atom. The molecule has 0 unspecified atom stereocenters. The van der Waals surface area contributed by atoms with E-state index in [4.69, 9.17) is 15.9 Å². The molecule has 0 radical (unpaired) electrons. The van der Waals surface area contributed by atoms with Crippen LogP contribution < -0.4 is 5.73 Å². The quantitative estimate of drug-likeness (QED) is 0.517. The molecule has 12 heavy (non-hydrogen) atoms. The van der Waals surface area contributed by atoms with E-state index >= 15 is 0 Å². The van der Waals surface area contributed by atoms with Gasteiger partial charge in [0.25, 0.3) is 0 Å². The summed E-state index contributed by atoms with van der Waals surface area (Å²) in [5.74, 6) is 0.182. The van der Waals surface area contributed by atoms with Crippen LogP contribution in [0.5, 0.6) is 0 Å². The first-order chi connectivity index (χ1) is 5.84. The molecule has 1 rings (SSSR count). The number of nitrogens with one attached hydrogen (secondary N) is 1. The smallest absolute Gasteiger partial charge is 0.213 e. The first kappa shape index (κ1) is 8.74. The van der Waals surface area contributed by atoms with Crippen LogP contribution >= 0.6 is 0 Å². The van der Waals surface area contributed by atoms with Crippen LogP contribution in [-0.2, 0) is 4.74 Å². The van der Waals surface area contributed by atoms with Crippen molar-refractivity contribution in [3.63, 3.8) is 0 Å². The van der Waals surface area contributed by atoms with Crippen LogP contribution in [0.4, 0.5) is 0 Å². The van der Waals surface area contributed by atoms with E-state index in [2.05, 4.69) is 0 Å². The summed E-state index contributed by atoms with van der Waals surface area (Å²) in [4.78, 5) is 0. The molecule has 1 aromatic rings. The van der Waals surface area contributed by atoms with E-state index in [1.807, 2.05) is 30.3 Å². The Morgan fingerprint density at radius 1 is 1.33 bits per heavy atom. The Labute approximate surface area is 71.7 Å². The lowest BCUT2D eigenvalue weighted by Gasteiger charge is -2.04. The third-order valence-corrected chi connectivity index (χ3v) is 1.40. The van der Waals surface area contributed by atoms with E-state index in [-0.39, 0.29) is 5.90 Å². The lowest BCUT2D eigenvalue weighted by atomic mass is 10.2. The molecule has 0 atom stereocenters. The van der Waals surface area contributed by atoms with Crippen molar-refractivity contribution in [1.82, 2.24) is 0 Å². The molecule has 1 aromatic carbocycles.